The number of nitrogens with zero attached hydrogens (tertiary/aromatic N) is 3. The molecule has 2 rings (SSSR count). The second-order valence-corrected chi connectivity index (χ2v) is 5.92. The lowest BCUT2D eigenvalue weighted by molar-refractivity contribution is -0.129. The van der Waals surface area contributed by atoms with Crippen LogP contribution in [0.15, 0.2) is 18.2 Å². The Labute approximate surface area is 144 Å². The summed E-state index contributed by atoms with van der Waals surface area (Å²) in [6.45, 7) is 1.44. The van der Waals surface area contributed by atoms with Crippen LogP contribution in [-0.4, -0.2) is 45.5 Å². The van der Waals surface area contributed by atoms with Gasteiger partial charge in [0, 0.05) is 50.4 Å². The minimum Gasteiger partial charge on any atom is -0.369 e. The number of alkyl halides is 2. The number of hydrogen-bond acceptors (Lipinski definition) is 4. The molecule has 0 atom stereocenters. The number of aromatic nitrogens is 2. The molecule has 0 bridgehead atoms. The smallest absolute Gasteiger partial charge is 0.243 e. The van der Waals surface area contributed by atoms with Gasteiger partial charge in [0.2, 0.25) is 5.91 Å². The number of rotatable bonds is 8. The quantitative estimate of drug-likeness (QED) is 0.431. The van der Waals surface area contributed by atoms with Crippen LogP contribution in [0.2, 0.25) is 0 Å². The van der Waals surface area contributed by atoms with Crippen molar-refractivity contribution in [3.63, 3.8) is 0 Å². The van der Waals surface area contributed by atoms with Gasteiger partial charge in [-0.3, -0.25) is 10.0 Å². The molecule has 0 radical (unpaired) electrons. The predicted octanol–water partition coefficient (Wildman–Crippen LogP) is 2.30. The van der Waals surface area contributed by atoms with Gasteiger partial charge in [0.05, 0.1) is 11.0 Å². The highest BCUT2D eigenvalue weighted by atomic mass is 35.5. The summed E-state index contributed by atoms with van der Waals surface area (Å²) >= 11 is 11.7. The number of aryl methyl sites for hydroxylation is 2. The van der Waals surface area contributed by atoms with E-state index in [0.717, 1.165) is 35.6 Å². The highest BCUT2D eigenvalue weighted by molar-refractivity contribution is 6.18. The lowest BCUT2D eigenvalue weighted by Gasteiger charge is -2.22. The largest absolute Gasteiger partial charge is 0.369 e. The van der Waals surface area contributed by atoms with Crippen LogP contribution in [-0.2, 0) is 18.3 Å². The first-order valence-corrected chi connectivity index (χ1v) is 8.42. The number of fused-ring (bicyclic) bond motifs is 1. The van der Waals surface area contributed by atoms with E-state index in [4.69, 9.17) is 28.4 Å². The molecule has 0 aliphatic carbocycles. The molecular formula is C15H20Cl2N4O2. The van der Waals surface area contributed by atoms with Gasteiger partial charge in [-0.2, -0.15) is 0 Å². The average Bonchev–Trinajstić information content (AvgIpc) is 2.88. The third kappa shape index (κ3) is 4.28. The van der Waals surface area contributed by atoms with Crippen molar-refractivity contribution in [3.8, 4) is 0 Å². The molecular weight excluding hydrogens is 339 g/mol. The summed E-state index contributed by atoms with van der Waals surface area (Å²) in [5.74, 6) is 1.42. The van der Waals surface area contributed by atoms with E-state index in [1.165, 1.54) is 0 Å². The lowest BCUT2D eigenvalue weighted by Crippen LogP contribution is -2.27. The lowest BCUT2D eigenvalue weighted by atomic mass is 10.2. The Bertz CT molecular complexity index is 669. The first-order chi connectivity index (χ1) is 11.1. The van der Waals surface area contributed by atoms with Crippen LogP contribution in [0.5, 0.6) is 0 Å². The van der Waals surface area contributed by atoms with Crippen molar-refractivity contribution in [1.82, 2.24) is 15.0 Å². The molecule has 0 saturated heterocycles. The van der Waals surface area contributed by atoms with Crippen molar-refractivity contribution in [2.75, 3.05) is 29.7 Å². The summed E-state index contributed by atoms with van der Waals surface area (Å²) in [7, 11) is 1.91. The van der Waals surface area contributed by atoms with Crippen molar-refractivity contribution in [2.24, 2.45) is 7.05 Å². The maximum atomic E-state index is 11.2. The van der Waals surface area contributed by atoms with E-state index >= 15 is 0 Å². The molecule has 23 heavy (non-hydrogen) atoms. The Balaban J connectivity index is 2.27. The Morgan fingerprint density at radius 2 is 2.04 bits per heavy atom. The third-order valence-electron chi connectivity index (χ3n) is 3.73. The van der Waals surface area contributed by atoms with Crippen LogP contribution in [0.4, 0.5) is 5.69 Å². The monoisotopic (exact) mass is 358 g/mol. The molecule has 6 nitrogen and oxygen atoms in total. The van der Waals surface area contributed by atoms with E-state index in [-0.39, 0.29) is 6.42 Å². The number of benzene rings is 1. The standard InChI is InChI=1S/C15H20Cl2N4O2/c1-20-13-3-2-11(21(8-6-16)9-7-17)10-12(13)18-14(20)4-5-15(22)19-23/h2-3,10,23H,4-9H2,1H3,(H,19,22). The van der Waals surface area contributed by atoms with Gasteiger partial charge in [0.25, 0.3) is 0 Å². The molecule has 1 amide bonds. The van der Waals surface area contributed by atoms with Gasteiger partial charge in [0.1, 0.15) is 5.82 Å². The van der Waals surface area contributed by atoms with Crippen LogP contribution in [0.1, 0.15) is 12.2 Å². The van der Waals surface area contributed by atoms with Crippen LogP contribution in [0.3, 0.4) is 0 Å². The van der Waals surface area contributed by atoms with Crippen LogP contribution >= 0.6 is 23.2 Å². The topological polar surface area (TPSA) is 70.4 Å². The van der Waals surface area contributed by atoms with Gasteiger partial charge in [-0.1, -0.05) is 0 Å². The Morgan fingerprint density at radius 3 is 2.65 bits per heavy atom. The van der Waals surface area contributed by atoms with Gasteiger partial charge in [-0.05, 0) is 18.2 Å². The number of imidazole rings is 1. The fourth-order valence-electron chi connectivity index (χ4n) is 2.51. The van der Waals surface area contributed by atoms with E-state index in [1.54, 1.807) is 5.48 Å². The molecule has 0 fully saturated rings. The van der Waals surface area contributed by atoms with E-state index in [1.807, 2.05) is 29.8 Å². The second kappa shape index (κ2) is 8.38. The summed E-state index contributed by atoms with van der Waals surface area (Å²) in [4.78, 5) is 17.9. The van der Waals surface area contributed by atoms with Gasteiger partial charge in [-0.25, -0.2) is 10.5 Å². The van der Waals surface area contributed by atoms with E-state index in [2.05, 4.69) is 9.88 Å². The summed E-state index contributed by atoms with van der Waals surface area (Å²) in [6.07, 6.45) is 0.644. The van der Waals surface area contributed by atoms with Gasteiger partial charge in [-0.15, -0.1) is 23.2 Å². The Kier molecular flexibility index (Phi) is 6.50. The number of anilines is 1. The highest BCUT2D eigenvalue weighted by Crippen LogP contribution is 2.23. The second-order valence-electron chi connectivity index (χ2n) is 5.16. The first kappa shape index (κ1) is 17.8. The third-order valence-corrected chi connectivity index (χ3v) is 4.07. The van der Waals surface area contributed by atoms with E-state index in [9.17, 15) is 4.79 Å². The number of halogens is 2. The van der Waals surface area contributed by atoms with Crippen molar-refractivity contribution >= 4 is 45.8 Å². The Hall–Kier alpha value is -1.50. The SMILES string of the molecule is Cn1c(CCC(=O)NO)nc2cc(N(CCCl)CCCl)ccc21. The molecule has 0 aliphatic heterocycles. The number of carbonyl (C=O) groups excluding carboxylic acids is 1. The van der Waals surface area contributed by atoms with E-state index < -0.39 is 5.91 Å². The summed E-state index contributed by atoms with van der Waals surface area (Å²) < 4.78 is 1.96. The van der Waals surface area contributed by atoms with Crippen molar-refractivity contribution in [2.45, 2.75) is 12.8 Å². The molecule has 2 N–H and O–H groups in total. The van der Waals surface area contributed by atoms with Crippen molar-refractivity contribution in [1.29, 1.82) is 0 Å². The first-order valence-electron chi connectivity index (χ1n) is 7.36. The fourth-order valence-corrected chi connectivity index (χ4v) is 2.92. The summed E-state index contributed by atoms with van der Waals surface area (Å²) in [5.41, 5.74) is 4.51. The molecule has 8 heteroatoms. The van der Waals surface area contributed by atoms with Crippen molar-refractivity contribution in [3.05, 3.63) is 24.0 Å². The molecule has 126 valence electrons. The van der Waals surface area contributed by atoms with Gasteiger partial charge in [0.15, 0.2) is 0 Å². The molecule has 0 unspecified atom stereocenters. The number of hydrogen-bond donors (Lipinski definition) is 2. The number of amides is 1. The number of hydroxylamine groups is 1. The minimum absolute atomic E-state index is 0.186. The van der Waals surface area contributed by atoms with Crippen LogP contribution < -0.4 is 10.4 Å². The maximum absolute atomic E-state index is 11.2. The molecule has 0 aliphatic rings. The Morgan fingerprint density at radius 1 is 1.35 bits per heavy atom. The van der Waals surface area contributed by atoms with Gasteiger partial charge < -0.3 is 9.47 Å². The molecule has 1 aromatic carbocycles. The fraction of sp³-hybridized carbons (Fsp3) is 0.467. The maximum Gasteiger partial charge on any atom is 0.243 e. The molecule has 2 aromatic rings. The summed E-state index contributed by atoms with van der Waals surface area (Å²) in [5, 5.41) is 8.57. The number of carbonyl (C=O) groups is 1. The average molecular weight is 359 g/mol. The predicted molar refractivity (Wildman–Crippen MR) is 92.6 cm³/mol. The number of nitrogens with one attached hydrogen (secondary N) is 1. The highest BCUT2D eigenvalue weighted by Gasteiger charge is 2.12. The molecule has 0 spiro atoms. The summed E-state index contributed by atoms with van der Waals surface area (Å²) in [6, 6.07) is 6.03. The molecule has 0 saturated carbocycles. The van der Waals surface area contributed by atoms with Crippen molar-refractivity contribution < 1.29 is 10.0 Å². The molecule has 1 aromatic heterocycles. The van der Waals surface area contributed by atoms with E-state index in [0.29, 0.717) is 18.2 Å². The zero-order chi connectivity index (χ0) is 16.8. The van der Waals surface area contributed by atoms with Crippen LogP contribution in [0, 0.1) is 0 Å². The van der Waals surface area contributed by atoms with Gasteiger partial charge >= 0.3 is 0 Å². The molecule has 1 heterocycles. The van der Waals surface area contributed by atoms with Crippen LogP contribution in [0.25, 0.3) is 11.0 Å². The zero-order valence-corrected chi connectivity index (χ0v) is 14.4. The minimum atomic E-state index is -0.423. The zero-order valence-electron chi connectivity index (χ0n) is 12.9. The normalized spacial score (nSPS) is 11.0.